The maximum absolute atomic E-state index is 12.7. The van der Waals surface area contributed by atoms with Gasteiger partial charge in [-0.05, 0) is 40.0 Å². The smallest absolute Gasteiger partial charge is 0.310 e. The predicted molar refractivity (Wildman–Crippen MR) is 82.0 cm³/mol. The van der Waals surface area contributed by atoms with Crippen LogP contribution < -0.4 is 5.73 Å². The number of carbonyl (C=O) groups excluding carboxylic acids is 1. The summed E-state index contributed by atoms with van der Waals surface area (Å²) in [5.41, 5.74) is 6.04. The van der Waals surface area contributed by atoms with Crippen LogP contribution in [0.1, 0.15) is 6.92 Å². The number of esters is 1. The molecular formula is C13H17BrN2O4S. The molecular weight excluding hydrogens is 360 g/mol. The summed E-state index contributed by atoms with van der Waals surface area (Å²) in [6.07, 6.45) is 0. The second kappa shape index (κ2) is 5.94. The second-order valence-corrected chi connectivity index (χ2v) is 7.88. The highest BCUT2D eigenvalue weighted by Crippen LogP contribution is 2.32. The molecule has 1 fully saturated rings. The normalized spacial score (nSPS) is 23.2. The Hall–Kier alpha value is -1.12. The van der Waals surface area contributed by atoms with E-state index in [9.17, 15) is 13.2 Å². The number of halogens is 1. The van der Waals surface area contributed by atoms with Gasteiger partial charge in [0.2, 0.25) is 10.0 Å². The highest BCUT2D eigenvalue weighted by atomic mass is 79.9. The van der Waals surface area contributed by atoms with Crippen LogP contribution in [0.25, 0.3) is 0 Å². The fourth-order valence-electron chi connectivity index (χ4n) is 2.43. The number of hydrogen-bond donors (Lipinski definition) is 1. The Balaban J connectivity index is 2.33. The molecule has 0 saturated carbocycles. The van der Waals surface area contributed by atoms with Crippen LogP contribution >= 0.6 is 15.9 Å². The van der Waals surface area contributed by atoms with Crippen molar-refractivity contribution in [1.82, 2.24) is 4.31 Å². The van der Waals surface area contributed by atoms with Gasteiger partial charge in [0, 0.05) is 23.2 Å². The van der Waals surface area contributed by atoms with Gasteiger partial charge in [-0.2, -0.15) is 4.31 Å². The summed E-state index contributed by atoms with van der Waals surface area (Å²) >= 11 is 3.23. The third-order valence-electron chi connectivity index (χ3n) is 3.66. The predicted octanol–water partition coefficient (Wildman–Crippen LogP) is 1.46. The molecule has 0 spiro atoms. The summed E-state index contributed by atoms with van der Waals surface area (Å²) in [6, 6.07) is 4.63. The Morgan fingerprint density at radius 2 is 2.10 bits per heavy atom. The van der Waals surface area contributed by atoms with Crippen molar-refractivity contribution < 1.29 is 17.9 Å². The lowest BCUT2D eigenvalue weighted by atomic mass is 9.99. The Morgan fingerprint density at radius 1 is 1.43 bits per heavy atom. The fourth-order valence-corrected chi connectivity index (χ4v) is 4.96. The van der Waals surface area contributed by atoms with Crippen molar-refractivity contribution in [3.05, 3.63) is 22.7 Å². The lowest BCUT2D eigenvalue weighted by molar-refractivity contribution is -0.145. The van der Waals surface area contributed by atoms with Gasteiger partial charge in [-0.3, -0.25) is 4.79 Å². The van der Waals surface area contributed by atoms with Crippen LogP contribution in [0.15, 0.2) is 27.6 Å². The van der Waals surface area contributed by atoms with Gasteiger partial charge in [-0.15, -0.1) is 0 Å². The first-order valence-corrected chi connectivity index (χ1v) is 8.63. The van der Waals surface area contributed by atoms with Crippen molar-refractivity contribution in [3.63, 3.8) is 0 Å². The number of nitrogen functional groups attached to an aromatic ring is 1. The molecule has 116 valence electrons. The van der Waals surface area contributed by atoms with E-state index in [1.54, 1.807) is 12.1 Å². The number of carbonyl (C=O) groups is 1. The number of rotatable bonds is 3. The van der Waals surface area contributed by atoms with Crippen LogP contribution in [0, 0.1) is 11.8 Å². The lowest BCUT2D eigenvalue weighted by Crippen LogP contribution is -2.30. The van der Waals surface area contributed by atoms with E-state index in [4.69, 9.17) is 10.5 Å². The maximum atomic E-state index is 12.7. The number of nitrogens with two attached hydrogens (primary N) is 1. The Bertz CT molecular complexity index is 662. The van der Waals surface area contributed by atoms with Gasteiger partial charge in [0.1, 0.15) is 0 Å². The molecule has 1 aromatic rings. The summed E-state index contributed by atoms with van der Waals surface area (Å²) in [5.74, 6) is -0.913. The maximum Gasteiger partial charge on any atom is 0.310 e. The molecule has 2 unspecified atom stereocenters. The van der Waals surface area contributed by atoms with Gasteiger partial charge in [-0.1, -0.05) is 6.92 Å². The zero-order valence-corrected chi connectivity index (χ0v) is 14.1. The summed E-state index contributed by atoms with van der Waals surface area (Å²) in [7, 11) is -2.39. The summed E-state index contributed by atoms with van der Waals surface area (Å²) < 4.78 is 31.9. The SMILES string of the molecule is COC(=O)C1CN(S(=O)(=O)c2cc(N)ccc2Br)CC1C. The topological polar surface area (TPSA) is 89.7 Å². The number of anilines is 1. The quantitative estimate of drug-likeness (QED) is 0.636. The number of methoxy groups -OCH3 is 1. The summed E-state index contributed by atoms with van der Waals surface area (Å²) in [5, 5.41) is 0. The first-order chi connectivity index (χ1) is 9.77. The zero-order valence-electron chi connectivity index (χ0n) is 11.7. The Morgan fingerprint density at radius 3 is 2.71 bits per heavy atom. The van der Waals surface area contributed by atoms with E-state index < -0.39 is 15.9 Å². The van der Waals surface area contributed by atoms with Gasteiger partial charge in [-0.25, -0.2) is 8.42 Å². The van der Waals surface area contributed by atoms with Gasteiger partial charge < -0.3 is 10.5 Å². The molecule has 0 aliphatic carbocycles. The third kappa shape index (κ3) is 3.07. The van der Waals surface area contributed by atoms with Gasteiger partial charge >= 0.3 is 5.97 Å². The van der Waals surface area contributed by atoms with E-state index in [0.717, 1.165) is 0 Å². The lowest BCUT2D eigenvalue weighted by Gasteiger charge is -2.17. The number of sulfonamides is 1. The van der Waals surface area contributed by atoms with E-state index in [0.29, 0.717) is 10.2 Å². The molecule has 1 heterocycles. The van der Waals surface area contributed by atoms with Crippen LogP contribution in [0.2, 0.25) is 0 Å². The average molecular weight is 377 g/mol. The van der Waals surface area contributed by atoms with Crippen molar-refractivity contribution >= 4 is 37.6 Å². The van der Waals surface area contributed by atoms with E-state index in [2.05, 4.69) is 15.9 Å². The first kappa shape index (κ1) is 16.3. The molecule has 1 aliphatic heterocycles. The molecule has 1 aliphatic rings. The van der Waals surface area contributed by atoms with Gasteiger partial charge in [0.25, 0.3) is 0 Å². The number of hydrogen-bond acceptors (Lipinski definition) is 5. The molecule has 1 saturated heterocycles. The number of benzene rings is 1. The molecule has 6 nitrogen and oxygen atoms in total. The van der Waals surface area contributed by atoms with Crippen molar-refractivity contribution in [2.75, 3.05) is 25.9 Å². The summed E-state index contributed by atoms with van der Waals surface area (Å²) in [6.45, 7) is 2.24. The molecule has 2 rings (SSSR count). The molecule has 0 amide bonds. The number of ether oxygens (including phenoxy) is 1. The Labute approximate surface area is 132 Å². The van der Waals surface area contributed by atoms with Crippen LogP contribution in [0.3, 0.4) is 0 Å². The molecule has 2 atom stereocenters. The highest BCUT2D eigenvalue weighted by molar-refractivity contribution is 9.10. The minimum Gasteiger partial charge on any atom is -0.469 e. The van der Waals surface area contributed by atoms with Gasteiger partial charge in [0.05, 0.1) is 17.9 Å². The van der Waals surface area contributed by atoms with Crippen molar-refractivity contribution in [1.29, 1.82) is 0 Å². The molecule has 0 radical (unpaired) electrons. The Kier molecular flexibility index (Phi) is 4.60. The second-order valence-electron chi connectivity index (χ2n) is 5.12. The van der Waals surface area contributed by atoms with E-state index >= 15 is 0 Å². The fraction of sp³-hybridized carbons (Fsp3) is 0.462. The van der Waals surface area contributed by atoms with Crippen LogP contribution in [-0.4, -0.2) is 38.9 Å². The molecule has 2 N–H and O–H groups in total. The highest BCUT2D eigenvalue weighted by Gasteiger charge is 2.41. The monoisotopic (exact) mass is 376 g/mol. The minimum atomic E-state index is -3.70. The van der Waals surface area contributed by atoms with Gasteiger partial charge in [0.15, 0.2) is 0 Å². The van der Waals surface area contributed by atoms with Crippen LogP contribution in [-0.2, 0) is 19.6 Å². The molecule has 8 heteroatoms. The molecule has 0 aromatic heterocycles. The molecule has 21 heavy (non-hydrogen) atoms. The van der Waals surface area contributed by atoms with Crippen molar-refractivity contribution in [2.24, 2.45) is 11.8 Å². The largest absolute Gasteiger partial charge is 0.469 e. The van der Waals surface area contributed by atoms with E-state index in [1.165, 1.54) is 17.5 Å². The van der Waals surface area contributed by atoms with Crippen LogP contribution in [0.5, 0.6) is 0 Å². The molecule has 0 bridgehead atoms. The van der Waals surface area contributed by atoms with Crippen LogP contribution in [0.4, 0.5) is 5.69 Å². The average Bonchev–Trinajstić information content (AvgIpc) is 2.83. The standard InChI is InChI=1S/C13H17BrN2O4S/c1-8-6-16(7-10(8)13(17)20-2)21(18,19)12-5-9(15)3-4-11(12)14/h3-5,8,10H,6-7,15H2,1-2H3. The van der Waals surface area contributed by atoms with Crippen molar-refractivity contribution in [2.45, 2.75) is 11.8 Å². The molecule has 1 aromatic carbocycles. The van der Waals surface area contributed by atoms with Crippen molar-refractivity contribution in [3.8, 4) is 0 Å². The first-order valence-electron chi connectivity index (χ1n) is 6.40. The third-order valence-corrected chi connectivity index (χ3v) is 6.48. The minimum absolute atomic E-state index is 0.0907. The van der Waals surface area contributed by atoms with E-state index in [-0.39, 0.29) is 29.9 Å². The zero-order chi connectivity index (χ0) is 15.8. The van der Waals surface area contributed by atoms with E-state index in [1.807, 2.05) is 6.92 Å². The number of nitrogens with zero attached hydrogens (tertiary/aromatic N) is 1. The summed E-state index contributed by atoms with van der Waals surface area (Å²) in [4.78, 5) is 11.8.